The summed E-state index contributed by atoms with van der Waals surface area (Å²) in [5.74, 6) is -0.517. The first-order valence-corrected chi connectivity index (χ1v) is 7.73. The predicted octanol–water partition coefficient (Wildman–Crippen LogP) is 3.80. The monoisotopic (exact) mass is 328 g/mol. The highest BCUT2D eigenvalue weighted by Gasteiger charge is 2.29. The number of nitro groups is 1. The van der Waals surface area contributed by atoms with Crippen LogP contribution in [-0.4, -0.2) is 22.3 Å². The Morgan fingerprint density at radius 3 is 2.71 bits per heavy atom. The standard InChI is InChI=1S/C18H17FN2O3/c1-11-9-14(4-6-17(11)21(23)24)18(22)20-8-7-13-3-5-15(19)10-16(13)12(20)2/h3-6,9-10,12H,7-8H2,1-2H3. The van der Waals surface area contributed by atoms with E-state index in [9.17, 15) is 19.3 Å². The van der Waals surface area contributed by atoms with Crippen molar-refractivity contribution in [3.8, 4) is 0 Å². The minimum absolute atomic E-state index is 0.00865. The molecular weight excluding hydrogens is 311 g/mol. The Labute approximate surface area is 138 Å². The number of amides is 1. The van der Waals surface area contributed by atoms with Gasteiger partial charge in [-0.2, -0.15) is 0 Å². The molecule has 3 rings (SSSR count). The van der Waals surface area contributed by atoms with Gasteiger partial charge in [-0.25, -0.2) is 4.39 Å². The van der Waals surface area contributed by atoms with Crippen LogP contribution in [0.4, 0.5) is 10.1 Å². The van der Waals surface area contributed by atoms with Gasteiger partial charge in [-0.1, -0.05) is 6.07 Å². The zero-order chi connectivity index (χ0) is 17.4. The van der Waals surface area contributed by atoms with Crippen LogP contribution in [0.2, 0.25) is 0 Å². The Kier molecular flexibility index (Phi) is 4.05. The van der Waals surface area contributed by atoms with E-state index in [1.807, 2.05) is 6.92 Å². The van der Waals surface area contributed by atoms with Crippen LogP contribution in [0.25, 0.3) is 0 Å². The Bertz CT molecular complexity index is 835. The lowest BCUT2D eigenvalue weighted by Crippen LogP contribution is -2.39. The van der Waals surface area contributed by atoms with Gasteiger partial charge in [-0.3, -0.25) is 14.9 Å². The maximum Gasteiger partial charge on any atom is 0.272 e. The number of hydrogen-bond donors (Lipinski definition) is 0. The Hall–Kier alpha value is -2.76. The Balaban J connectivity index is 1.91. The third kappa shape index (κ3) is 2.75. The Morgan fingerprint density at radius 2 is 2.04 bits per heavy atom. The molecule has 0 N–H and O–H groups in total. The summed E-state index contributed by atoms with van der Waals surface area (Å²) >= 11 is 0. The van der Waals surface area contributed by atoms with E-state index in [2.05, 4.69) is 0 Å². The molecule has 1 aliphatic heterocycles. The first kappa shape index (κ1) is 16.1. The van der Waals surface area contributed by atoms with Crippen molar-refractivity contribution in [3.05, 3.63) is 74.6 Å². The third-order valence-electron chi connectivity index (χ3n) is 4.55. The molecule has 0 saturated heterocycles. The largest absolute Gasteiger partial charge is 0.332 e. The van der Waals surface area contributed by atoms with Crippen molar-refractivity contribution in [1.29, 1.82) is 0 Å². The Morgan fingerprint density at radius 1 is 1.29 bits per heavy atom. The lowest BCUT2D eigenvalue weighted by atomic mass is 9.92. The molecule has 24 heavy (non-hydrogen) atoms. The summed E-state index contributed by atoms with van der Waals surface area (Å²) in [5.41, 5.74) is 2.71. The number of rotatable bonds is 2. The molecule has 2 aromatic rings. The second-order valence-corrected chi connectivity index (χ2v) is 6.03. The summed E-state index contributed by atoms with van der Waals surface area (Å²) in [4.78, 5) is 24.9. The van der Waals surface area contributed by atoms with Gasteiger partial charge in [0.1, 0.15) is 5.82 Å². The fourth-order valence-corrected chi connectivity index (χ4v) is 3.22. The van der Waals surface area contributed by atoms with Crippen LogP contribution in [-0.2, 0) is 6.42 Å². The summed E-state index contributed by atoms with van der Waals surface area (Å²) in [6.45, 7) is 4.02. The molecule has 0 bridgehead atoms. The minimum Gasteiger partial charge on any atom is -0.332 e. The molecule has 5 nitrogen and oxygen atoms in total. The van der Waals surface area contributed by atoms with Crippen molar-refractivity contribution in [2.24, 2.45) is 0 Å². The average Bonchev–Trinajstić information content (AvgIpc) is 2.54. The molecule has 1 atom stereocenters. The first-order chi connectivity index (χ1) is 11.4. The second kappa shape index (κ2) is 6.03. The van der Waals surface area contributed by atoms with E-state index >= 15 is 0 Å². The van der Waals surface area contributed by atoms with E-state index in [-0.39, 0.29) is 23.5 Å². The molecule has 1 heterocycles. The van der Waals surface area contributed by atoms with Gasteiger partial charge in [0.05, 0.1) is 11.0 Å². The zero-order valence-electron chi connectivity index (χ0n) is 13.5. The van der Waals surface area contributed by atoms with Gasteiger partial charge in [0, 0.05) is 23.7 Å². The highest BCUT2D eigenvalue weighted by Crippen LogP contribution is 2.31. The number of carbonyl (C=O) groups is 1. The van der Waals surface area contributed by atoms with Gasteiger partial charge in [-0.15, -0.1) is 0 Å². The molecule has 0 aliphatic carbocycles. The normalized spacial score (nSPS) is 16.6. The molecule has 1 aliphatic rings. The third-order valence-corrected chi connectivity index (χ3v) is 4.55. The predicted molar refractivity (Wildman–Crippen MR) is 87.4 cm³/mol. The van der Waals surface area contributed by atoms with Crippen molar-refractivity contribution in [2.45, 2.75) is 26.3 Å². The summed E-state index contributed by atoms with van der Waals surface area (Å²) in [5, 5.41) is 10.9. The van der Waals surface area contributed by atoms with Gasteiger partial charge in [0.15, 0.2) is 0 Å². The van der Waals surface area contributed by atoms with Crippen LogP contribution in [0.3, 0.4) is 0 Å². The number of carbonyl (C=O) groups excluding carboxylic acids is 1. The maximum atomic E-state index is 13.5. The van der Waals surface area contributed by atoms with E-state index in [0.29, 0.717) is 24.1 Å². The SMILES string of the molecule is Cc1cc(C(=O)N2CCc3ccc(F)cc3C2C)ccc1[N+](=O)[O-]. The van der Waals surface area contributed by atoms with Crippen LogP contribution < -0.4 is 0 Å². The maximum absolute atomic E-state index is 13.5. The fourth-order valence-electron chi connectivity index (χ4n) is 3.22. The molecule has 0 saturated carbocycles. The van der Waals surface area contributed by atoms with Crippen LogP contribution in [0, 0.1) is 22.9 Å². The summed E-state index contributed by atoms with van der Waals surface area (Å²) < 4.78 is 13.5. The number of nitrogens with zero attached hydrogens (tertiary/aromatic N) is 2. The number of halogens is 1. The fraction of sp³-hybridized carbons (Fsp3) is 0.278. The van der Waals surface area contributed by atoms with Gasteiger partial charge in [-0.05, 0) is 55.7 Å². The van der Waals surface area contributed by atoms with Gasteiger partial charge in [0.25, 0.3) is 11.6 Å². The number of aryl methyl sites for hydroxylation is 1. The van der Waals surface area contributed by atoms with Crippen LogP contribution in [0.15, 0.2) is 36.4 Å². The summed E-state index contributed by atoms with van der Waals surface area (Å²) in [7, 11) is 0. The molecule has 1 amide bonds. The van der Waals surface area contributed by atoms with E-state index in [1.165, 1.54) is 30.3 Å². The molecule has 124 valence electrons. The van der Waals surface area contributed by atoms with E-state index in [4.69, 9.17) is 0 Å². The summed E-state index contributed by atoms with van der Waals surface area (Å²) in [6, 6.07) is 8.79. The molecule has 6 heteroatoms. The van der Waals surface area contributed by atoms with E-state index in [0.717, 1.165) is 11.1 Å². The highest BCUT2D eigenvalue weighted by atomic mass is 19.1. The zero-order valence-corrected chi connectivity index (χ0v) is 13.5. The molecule has 0 aromatic heterocycles. The smallest absolute Gasteiger partial charge is 0.272 e. The van der Waals surface area contributed by atoms with Crippen LogP contribution >= 0.6 is 0 Å². The molecule has 1 unspecified atom stereocenters. The lowest BCUT2D eigenvalue weighted by molar-refractivity contribution is -0.385. The minimum atomic E-state index is -0.466. The lowest BCUT2D eigenvalue weighted by Gasteiger charge is -2.35. The van der Waals surface area contributed by atoms with Crippen LogP contribution in [0.1, 0.15) is 40.0 Å². The number of hydrogen-bond acceptors (Lipinski definition) is 3. The van der Waals surface area contributed by atoms with Crippen molar-refractivity contribution < 1.29 is 14.1 Å². The van der Waals surface area contributed by atoms with Crippen molar-refractivity contribution >= 4 is 11.6 Å². The number of nitro benzene ring substituents is 1. The topological polar surface area (TPSA) is 63.5 Å². The van der Waals surface area contributed by atoms with Crippen LogP contribution in [0.5, 0.6) is 0 Å². The first-order valence-electron chi connectivity index (χ1n) is 7.73. The highest BCUT2D eigenvalue weighted by molar-refractivity contribution is 5.95. The molecular formula is C18H17FN2O3. The average molecular weight is 328 g/mol. The number of benzene rings is 2. The molecule has 0 radical (unpaired) electrons. The molecule has 0 fully saturated rings. The quantitative estimate of drug-likeness (QED) is 0.622. The van der Waals surface area contributed by atoms with Crippen molar-refractivity contribution in [3.63, 3.8) is 0 Å². The van der Waals surface area contributed by atoms with E-state index < -0.39 is 4.92 Å². The summed E-state index contributed by atoms with van der Waals surface area (Å²) in [6.07, 6.45) is 0.664. The molecule has 0 spiro atoms. The molecule has 2 aromatic carbocycles. The van der Waals surface area contributed by atoms with Crippen molar-refractivity contribution in [1.82, 2.24) is 4.90 Å². The van der Waals surface area contributed by atoms with Gasteiger partial charge in [0.2, 0.25) is 0 Å². The number of fused-ring (bicyclic) bond motifs is 1. The van der Waals surface area contributed by atoms with Gasteiger partial charge < -0.3 is 4.90 Å². The second-order valence-electron chi connectivity index (χ2n) is 6.03. The van der Waals surface area contributed by atoms with Crippen molar-refractivity contribution in [2.75, 3.05) is 6.54 Å². The van der Waals surface area contributed by atoms with Gasteiger partial charge >= 0.3 is 0 Å². The van der Waals surface area contributed by atoms with E-state index in [1.54, 1.807) is 17.9 Å².